The summed E-state index contributed by atoms with van der Waals surface area (Å²) in [6.07, 6.45) is 2.84. The fourth-order valence-electron chi connectivity index (χ4n) is 2.59. The molecule has 0 aliphatic heterocycles. The molecule has 0 bridgehead atoms. The second-order valence-corrected chi connectivity index (χ2v) is 5.89. The van der Waals surface area contributed by atoms with E-state index in [1.165, 1.54) is 16.7 Å². The van der Waals surface area contributed by atoms with Crippen molar-refractivity contribution in [3.05, 3.63) is 83.0 Å². The Bertz CT molecular complexity index is 834. The predicted molar refractivity (Wildman–Crippen MR) is 96.3 cm³/mol. The summed E-state index contributed by atoms with van der Waals surface area (Å²) in [7, 11) is 0. The van der Waals surface area contributed by atoms with Crippen LogP contribution in [0.5, 0.6) is 0 Å². The van der Waals surface area contributed by atoms with Gasteiger partial charge in [0.15, 0.2) is 5.82 Å². The van der Waals surface area contributed by atoms with E-state index in [4.69, 9.17) is 0 Å². The fraction of sp³-hybridized carbons (Fsp3) is 0.200. The molecule has 0 spiro atoms. The maximum Gasteiger partial charge on any atom is 0.256 e. The van der Waals surface area contributed by atoms with Gasteiger partial charge in [-0.2, -0.15) is 5.10 Å². The number of aromatic nitrogens is 2. The zero-order valence-electron chi connectivity index (χ0n) is 14.0. The summed E-state index contributed by atoms with van der Waals surface area (Å²) in [4.78, 5) is 12.3. The number of carbonyl (C=O) groups excluding carboxylic acids is 1. The highest BCUT2D eigenvalue weighted by atomic mass is 16.1. The molecule has 1 N–H and O–H groups in total. The minimum Gasteiger partial charge on any atom is -0.305 e. The molecule has 24 heavy (non-hydrogen) atoms. The molecule has 3 aromatic rings. The summed E-state index contributed by atoms with van der Waals surface area (Å²) in [6.45, 7) is 4.85. The third kappa shape index (κ3) is 3.90. The number of nitrogens with one attached hydrogen (secondary N) is 1. The lowest BCUT2D eigenvalue weighted by atomic mass is 10.1. The molecular formula is C20H21N3O. The molecule has 0 saturated carbocycles. The van der Waals surface area contributed by atoms with Gasteiger partial charge < -0.3 is 5.32 Å². The molecule has 0 unspecified atom stereocenters. The molecule has 2 aromatic carbocycles. The van der Waals surface area contributed by atoms with Crippen molar-refractivity contribution in [3.8, 4) is 0 Å². The highest BCUT2D eigenvalue weighted by molar-refractivity contribution is 6.03. The van der Waals surface area contributed by atoms with Gasteiger partial charge in [0.05, 0.1) is 6.54 Å². The fourth-order valence-corrected chi connectivity index (χ4v) is 2.59. The third-order valence-corrected chi connectivity index (χ3v) is 3.93. The minimum atomic E-state index is -0.140. The van der Waals surface area contributed by atoms with E-state index in [-0.39, 0.29) is 5.91 Å². The van der Waals surface area contributed by atoms with Gasteiger partial charge in [-0.15, -0.1) is 0 Å². The van der Waals surface area contributed by atoms with E-state index < -0.39 is 0 Å². The van der Waals surface area contributed by atoms with Crippen LogP contribution in [-0.2, 0) is 13.0 Å². The van der Waals surface area contributed by atoms with E-state index in [2.05, 4.69) is 42.5 Å². The van der Waals surface area contributed by atoms with E-state index in [1.807, 2.05) is 47.3 Å². The Kier molecular flexibility index (Phi) is 4.75. The van der Waals surface area contributed by atoms with Gasteiger partial charge in [-0.05, 0) is 36.6 Å². The molecule has 0 radical (unpaired) electrons. The van der Waals surface area contributed by atoms with Crippen molar-refractivity contribution < 1.29 is 4.79 Å². The van der Waals surface area contributed by atoms with Crippen LogP contribution in [0.2, 0.25) is 0 Å². The Morgan fingerprint density at radius 1 is 1.08 bits per heavy atom. The lowest BCUT2D eigenvalue weighted by Gasteiger charge is -2.04. The summed E-state index contributed by atoms with van der Waals surface area (Å²) in [5.74, 6) is 0.422. The molecule has 0 aliphatic carbocycles. The highest BCUT2D eigenvalue weighted by Crippen LogP contribution is 2.11. The normalized spacial score (nSPS) is 10.6. The van der Waals surface area contributed by atoms with Crippen molar-refractivity contribution in [2.24, 2.45) is 0 Å². The van der Waals surface area contributed by atoms with Crippen molar-refractivity contribution in [1.82, 2.24) is 9.78 Å². The molecule has 1 aromatic heterocycles. The summed E-state index contributed by atoms with van der Waals surface area (Å²) >= 11 is 0. The molecule has 1 heterocycles. The van der Waals surface area contributed by atoms with Crippen LogP contribution in [0.25, 0.3) is 0 Å². The molecule has 4 heteroatoms. The number of amides is 1. The third-order valence-electron chi connectivity index (χ3n) is 3.93. The molecule has 0 atom stereocenters. The topological polar surface area (TPSA) is 46.9 Å². The Morgan fingerprint density at radius 2 is 1.88 bits per heavy atom. The molecule has 3 rings (SSSR count). The molecule has 1 amide bonds. The molecule has 0 saturated heterocycles. The molecular weight excluding hydrogens is 298 g/mol. The first-order chi connectivity index (χ1) is 11.6. The number of carbonyl (C=O) groups is 1. The van der Waals surface area contributed by atoms with Crippen LogP contribution in [0.15, 0.2) is 60.8 Å². The van der Waals surface area contributed by atoms with Crippen molar-refractivity contribution in [1.29, 1.82) is 0 Å². The van der Waals surface area contributed by atoms with Crippen LogP contribution in [0, 0.1) is 6.92 Å². The summed E-state index contributed by atoms with van der Waals surface area (Å²) in [6, 6.07) is 17.8. The molecule has 0 fully saturated rings. The quantitative estimate of drug-likeness (QED) is 0.771. The summed E-state index contributed by atoms with van der Waals surface area (Å²) in [5.41, 5.74) is 4.27. The number of aryl methyl sites for hydroxylation is 2. The summed E-state index contributed by atoms with van der Waals surface area (Å²) in [5, 5.41) is 7.26. The lowest BCUT2D eigenvalue weighted by molar-refractivity contribution is 0.102. The van der Waals surface area contributed by atoms with Crippen LogP contribution in [-0.4, -0.2) is 15.7 Å². The minimum absolute atomic E-state index is 0.140. The van der Waals surface area contributed by atoms with Gasteiger partial charge in [0.1, 0.15) is 0 Å². The van der Waals surface area contributed by atoms with Crippen molar-refractivity contribution in [2.45, 2.75) is 26.8 Å². The second kappa shape index (κ2) is 7.13. The Hall–Kier alpha value is -2.88. The number of rotatable bonds is 5. The maximum absolute atomic E-state index is 12.3. The first kappa shape index (κ1) is 16.0. The zero-order chi connectivity index (χ0) is 16.9. The molecule has 122 valence electrons. The van der Waals surface area contributed by atoms with Gasteiger partial charge in [0.2, 0.25) is 0 Å². The Balaban J connectivity index is 1.65. The number of hydrogen-bond donors (Lipinski definition) is 1. The Labute approximate surface area is 142 Å². The standard InChI is InChI=1S/C20H21N3O/c1-3-16-7-9-18(10-8-16)20(24)21-19-11-12-23(22-19)14-17-6-4-5-15(2)13-17/h4-13H,3,14H2,1-2H3,(H,21,22,24). The van der Waals surface area contributed by atoms with Gasteiger partial charge in [-0.1, -0.05) is 48.9 Å². The van der Waals surface area contributed by atoms with Crippen molar-refractivity contribution >= 4 is 11.7 Å². The predicted octanol–water partition coefficient (Wildman–Crippen LogP) is 4.05. The van der Waals surface area contributed by atoms with E-state index in [0.29, 0.717) is 17.9 Å². The zero-order valence-corrected chi connectivity index (χ0v) is 14.0. The first-order valence-corrected chi connectivity index (χ1v) is 8.13. The average Bonchev–Trinajstić information content (AvgIpc) is 3.02. The van der Waals surface area contributed by atoms with Gasteiger partial charge in [-0.3, -0.25) is 9.48 Å². The van der Waals surface area contributed by atoms with Crippen molar-refractivity contribution in [2.75, 3.05) is 5.32 Å². The molecule has 0 aliphatic rings. The lowest BCUT2D eigenvalue weighted by Crippen LogP contribution is -2.13. The first-order valence-electron chi connectivity index (χ1n) is 8.13. The smallest absolute Gasteiger partial charge is 0.256 e. The van der Waals surface area contributed by atoms with Crippen LogP contribution in [0.3, 0.4) is 0 Å². The van der Waals surface area contributed by atoms with E-state index in [9.17, 15) is 4.79 Å². The Morgan fingerprint density at radius 3 is 2.58 bits per heavy atom. The second-order valence-electron chi connectivity index (χ2n) is 5.89. The number of benzene rings is 2. The monoisotopic (exact) mass is 319 g/mol. The van der Waals surface area contributed by atoms with Gasteiger partial charge in [0, 0.05) is 17.8 Å². The summed E-state index contributed by atoms with van der Waals surface area (Å²) < 4.78 is 1.82. The van der Waals surface area contributed by atoms with Gasteiger partial charge in [0.25, 0.3) is 5.91 Å². The van der Waals surface area contributed by atoms with E-state index in [1.54, 1.807) is 0 Å². The maximum atomic E-state index is 12.3. The number of hydrogen-bond acceptors (Lipinski definition) is 2. The van der Waals surface area contributed by atoms with Crippen LogP contribution in [0.4, 0.5) is 5.82 Å². The average molecular weight is 319 g/mol. The van der Waals surface area contributed by atoms with Gasteiger partial charge in [-0.25, -0.2) is 0 Å². The number of anilines is 1. The van der Waals surface area contributed by atoms with Crippen molar-refractivity contribution in [3.63, 3.8) is 0 Å². The number of nitrogens with zero attached hydrogens (tertiary/aromatic N) is 2. The highest BCUT2D eigenvalue weighted by Gasteiger charge is 2.08. The SMILES string of the molecule is CCc1ccc(C(=O)Nc2ccn(Cc3cccc(C)c3)n2)cc1. The molecule has 4 nitrogen and oxygen atoms in total. The van der Waals surface area contributed by atoms with E-state index >= 15 is 0 Å². The van der Waals surface area contributed by atoms with E-state index in [0.717, 1.165) is 6.42 Å². The van der Waals surface area contributed by atoms with Gasteiger partial charge >= 0.3 is 0 Å². The van der Waals surface area contributed by atoms with Crippen LogP contribution < -0.4 is 5.32 Å². The largest absolute Gasteiger partial charge is 0.305 e. The van der Waals surface area contributed by atoms with Crippen LogP contribution >= 0.6 is 0 Å². The van der Waals surface area contributed by atoms with Crippen LogP contribution in [0.1, 0.15) is 34.0 Å².